The number of aryl methyl sites for hydroxylation is 1. The van der Waals surface area contributed by atoms with Crippen molar-refractivity contribution in [3.05, 3.63) is 17.8 Å². The summed E-state index contributed by atoms with van der Waals surface area (Å²) in [5.41, 5.74) is 0. The van der Waals surface area contributed by atoms with Gasteiger partial charge in [0, 0.05) is 13.0 Å². The van der Waals surface area contributed by atoms with E-state index in [1.165, 1.54) is 0 Å². The summed E-state index contributed by atoms with van der Waals surface area (Å²) in [7, 11) is 0. The molecule has 0 amide bonds. The Morgan fingerprint density at radius 2 is 2.50 bits per heavy atom. The van der Waals surface area contributed by atoms with Crippen molar-refractivity contribution in [2.24, 2.45) is 0 Å². The number of rotatable bonds is 6. The van der Waals surface area contributed by atoms with E-state index in [0.717, 1.165) is 57.0 Å². The van der Waals surface area contributed by atoms with Crippen molar-refractivity contribution in [2.45, 2.75) is 38.7 Å². The van der Waals surface area contributed by atoms with Gasteiger partial charge in [-0.15, -0.1) is 0 Å². The number of ether oxygens (including phenoxy) is 1. The second-order valence-corrected chi connectivity index (χ2v) is 4.12. The number of nitrogens with one attached hydrogen (secondary N) is 1. The van der Waals surface area contributed by atoms with Crippen LogP contribution in [0.4, 0.5) is 0 Å². The van der Waals surface area contributed by atoms with Gasteiger partial charge < -0.3 is 14.5 Å². The Morgan fingerprint density at radius 3 is 3.25 bits per heavy atom. The molecule has 4 nitrogen and oxygen atoms in total. The summed E-state index contributed by atoms with van der Waals surface area (Å²) in [6, 6.07) is 0. The van der Waals surface area contributed by atoms with E-state index in [2.05, 4.69) is 17.2 Å². The third kappa shape index (κ3) is 3.06. The second-order valence-electron chi connectivity index (χ2n) is 4.12. The van der Waals surface area contributed by atoms with Crippen LogP contribution in [-0.4, -0.2) is 24.7 Å². The Bertz CT molecular complexity index is 306. The Balaban J connectivity index is 1.77. The molecule has 1 aliphatic heterocycles. The lowest BCUT2D eigenvalue weighted by molar-refractivity contribution is 0.0924. The van der Waals surface area contributed by atoms with Crippen LogP contribution in [-0.2, 0) is 11.2 Å². The maximum atomic E-state index is 5.68. The molecule has 1 N–H and O–H groups in total. The van der Waals surface area contributed by atoms with Crippen molar-refractivity contribution in [2.75, 3.05) is 19.7 Å². The molecular weight excluding hydrogens is 204 g/mol. The molecule has 0 spiro atoms. The molecule has 1 aromatic heterocycles. The van der Waals surface area contributed by atoms with Gasteiger partial charge in [0.1, 0.15) is 6.10 Å². The Morgan fingerprint density at radius 1 is 1.56 bits per heavy atom. The van der Waals surface area contributed by atoms with Gasteiger partial charge in [-0.3, -0.25) is 0 Å². The highest BCUT2D eigenvalue weighted by molar-refractivity contribution is 5.00. The van der Waals surface area contributed by atoms with Crippen LogP contribution in [0.2, 0.25) is 0 Å². The summed E-state index contributed by atoms with van der Waals surface area (Å²) in [6.07, 6.45) is 6.13. The fourth-order valence-electron chi connectivity index (χ4n) is 1.93. The highest BCUT2D eigenvalue weighted by atomic mass is 16.5. The van der Waals surface area contributed by atoms with Crippen LogP contribution >= 0.6 is 0 Å². The maximum absolute atomic E-state index is 5.68. The van der Waals surface area contributed by atoms with Crippen molar-refractivity contribution < 1.29 is 9.15 Å². The Kier molecular flexibility index (Phi) is 4.36. The van der Waals surface area contributed by atoms with Gasteiger partial charge in [0.15, 0.2) is 11.7 Å². The first-order chi connectivity index (χ1) is 7.90. The average Bonchev–Trinajstić information content (AvgIpc) is 2.94. The van der Waals surface area contributed by atoms with Gasteiger partial charge in [-0.25, -0.2) is 4.98 Å². The van der Waals surface area contributed by atoms with Crippen molar-refractivity contribution >= 4 is 0 Å². The minimum atomic E-state index is 0.148. The molecule has 2 rings (SSSR count). The van der Waals surface area contributed by atoms with Crippen molar-refractivity contribution in [3.8, 4) is 0 Å². The third-order valence-corrected chi connectivity index (χ3v) is 2.81. The predicted molar refractivity (Wildman–Crippen MR) is 61.3 cm³/mol. The molecule has 0 bridgehead atoms. The first kappa shape index (κ1) is 11.6. The van der Waals surface area contributed by atoms with Gasteiger partial charge >= 0.3 is 0 Å². The van der Waals surface area contributed by atoms with E-state index in [1.807, 2.05) is 6.20 Å². The zero-order valence-electron chi connectivity index (χ0n) is 9.87. The number of aromatic nitrogens is 1. The maximum Gasteiger partial charge on any atom is 0.194 e. The number of hydrogen-bond donors (Lipinski definition) is 1. The monoisotopic (exact) mass is 224 g/mol. The second kappa shape index (κ2) is 6.01. The fourth-order valence-corrected chi connectivity index (χ4v) is 1.93. The molecule has 1 saturated heterocycles. The van der Waals surface area contributed by atoms with E-state index >= 15 is 0 Å². The van der Waals surface area contributed by atoms with Crippen LogP contribution in [0.3, 0.4) is 0 Å². The van der Waals surface area contributed by atoms with Gasteiger partial charge in [-0.05, 0) is 32.4 Å². The lowest BCUT2D eigenvalue weighted by atomic mass is 10.2. The summed E-state index contributed by atoms with van der Waals surface area (Å²) in [6.45, 7) is 5.00. The molecular formula is C12H20N2O2. The smallest absolute Gasteiger partial charge is 0.194 e. The molecule has 1 aliphatic rings. The highest BCUT2D eigenvalue weighted by Gasteiger charge is 2.21. The van der Waals surface area contributed by atoms with E-state index < -0.39 is 0 Å². The van der Waals surface area contributed by atoms with E-state index in [-0.39, 0.29) is 6.10 Å². The van der Waals surface area contributed by atoms with Crippen molar-refractivity contribution in [3.63, 3.8) is 0 Å². The molecule has 1 fully saturated rings. The molecule has 16 heavy (non-hydrogen) atoms. The molecule has 0 saturated carbocycles. The first-order valence-electron chi connectivity index (χ1n) is 6.17. The molecule has 0 aromatic carbocycles. The normalized spacial score (nSPS) is 20.4. The quantitative estimate of drug-likeness (QED) is 0.751. The third-order valence-electron chi connectivity index (χ3n) is 2.81. The SMILES string of the molecule is CCNCCCc1ncc(C2CCCO2)o1. The summed E-state index contributed by atoms with van der Waals surface area (Å²) < 4.78 is 11.2. The lowest BCUT2D eigenvalue weighted by Crippen LogP contribution is -2.14. The minimum absolute atomic E-state index is 0.148. The summed E-state index contributed by atoms with van der Waals surface area (Å²) in [5, 5.41) is 3.29. The number of oxazole rings is 1. The minimum Gasteiger partial charge on any atom is -0.443 e. The largest absolute Gasteiger partial charge is 0.443 e. The average molecular weight is 224 g/mol. The van der Waals surface area contributed by atoms with Gasteiger partial charge in [-0.2, -0.15) is 0 Å². The van der Waals surface area contributed by atoms with E-state index in [4.69, 9.17) is 9.15 Å². The van der Waals surface area contributed by atoms with Crippen molar-refractivity contribution in [1.29, 1.82) is 0 Å². The van der Waals surface area contributed by atoms with Gasteiger partial charge in [0.2, 0.25) is 0 Å². The van der Waals surface area contributed by atoms with Crippen molar-refractivity contribution in [1.82, 2.24) is 10.3 Å². The molecule has 90 valence electrons. The van der Waals surface area contributed by atoms with Crippen LogP contribution in [0.5, 0.6) is 0 Å². The zero-order chi connectivity index (χ0) is 11.2. The predicted octanol–water partition coefficient (Wildman–Crippen LogP) is 2.07. The van der Waals surface area contributed by atoms with Gasteiger partial charge in [0.05, 0.1) is 6.20 Å². The van der Waals surface area contributed by atoms with Crippen LogP contribution < -0.4 is 5.32 Å². The van der Waals surface area contributed by atoms with Gasteiger partial charge in [-0.1, -0.05) is 6.92 Å². The molecule has 1 aromatic rings. The number of nitrogens with zero attached hydrogens (tertiary/aromatic N) is 1. The van der Waals surface area contributed by atoms with Crippen LogP contribution in [0.25, 0.3) is 0 Å². The highest BCUT2D eigenvalue weighted by Crippen LogP contribution is 2.28. The summed E-state index contributed by atoms with van der Waals surface area (Å²) in [4.78, 5) is 4.28. The van der Waals surface area contributed by atoms with E-state index in [0.29, 0.717) is 0 Å². The topological polar surface area (TPSA) is 47.3 Å². The van der Waals surface area contributed by atoms with Crippen LogP contribution in [0, 0.1) is 0 Å². The first-order valence-corrected chi connectivity index (χ1v) is 6.17. The van der Waals surface area contributed by atoms with Gasteiger partial charge in [0.25, 0.3) is 0 Å². The zero-order valence-corrected chi connectivity index (χ0v) is 9.87. The molecule has 1 atom stereocenters. The number of hydrogen-bond acceptors (Lipinski definition) is 4. The standard InChI is InChI=1S/C12H20N2O2/c1-2-13-7-3-6-12-14-9-11(16-12)10-5-4-8-15-10/h9-10,13H,2-8H2,1H3. The molecule has 0 aliphatic carbocycles. The van der Waals surface area contributed by atoms with Crippen LogP contribution in [0.1, 0.15) is 43.9 Å². The van der Waals surface area contributed by atoms with Crippen LogP contribution in [0.15, 0.2) is 10.6 Å². The van der Waals surface area contributed by atoms with E-state index in [9.17, 15) is 0 Å². The summed E-state index contributed by atoms with van der Waals surface area (Å²) in [5.74, 6) is 1.74. The molecule has 4 heteroatoms. The molecule has 2 heterocycles. The van der Waals surface area contributed by atoms with E-state index in [1.54, 1.807) is 0 Å². The Labute approximate surface area is 96.4 Å². The Hall–Kier alpha value is -0.870. The molecule has 1 unspecified atom stereocenters. The lowest BCUT2D eigenvalue weighted by Gasteiger charge is -2.03. The molecule has 0 radical (unpaired) electrons. The fraction of sp³-hybridized carbons (Fsp3) is 0.750. The summed E-state index contributed by atoms with van der Waals surface area (Å²) >= 11 is 0.